The second-order valence-corrected chi connectivity index (χ2v) is 7.76. The second kappa shape index (κ2) is 8.14. The Hall–Kier alpha value is -3.20. The number of Topliss-reactive ketones (excluding diaryl/α,β-unsaturated/α-hetero) is 2. The molecule has 2 unspecified atom stereocenters. The van der Waals surface area contributed by atoms with Crippen molar-refractivity contribution in [3.05, 3.63) is 57.5 Å². The van der Waals surface area contributed by atoms with Crippen molar-refractivity contribution < 1.29 is 28.2 Å². The number of carbonyl (C=O) groups excluding carboxylic acids is 2. The predicted octanol–water partition coefficient (Wildman–Crippen LogP) is 2.67. The number of hydrogen-bond donors (Lipinski definition) is 1. The van der Waals surface area contributed by atoms with Gasteiger partial charge in [-0.1, -0.05) is 0 Å². The molecular formula is C22H20F2N2O5. The number of carbonyl (C=O) groups is 2. The van der Waals surface area contributed by atoms with Gasteiger partial charge in [-0.15, -0.1) is 0 Å². The van der Waals surface area contributed by atoms with Gasteiger partial charge < -0.3 is 9.84 Å². The predicted molar refractivity (Wildman–Crippen MR) is 106 cm³/mol. The molecule has 2 atom stereocenters. The van der Waals surface area contributed by atoms with E-state index in [9.17, 15) is 28.3 Å². The van der Waals surface area contributed by atoms with Gasteiger partial charge in [0.25, 0.3) is 5.56 Å². The number of allylic oxidation sites excluding steroid dienone is 1. The minimum Gasteiger partial charge on any atom is -0.506 e. The van der Waals surface area contributed by atoms with Crippen molar-refractivity contribution in [3.63, 3.8) is 0 Å². The zero-order valence-electron chi connectivity index (χ0n) is 16.7. The molecule has 0 amide bonds. The van der Waals surface area contributed by atoms with Gasteiger partial charge in [0.1, 0.15) is 34.4 Å². The summed E-state index contributed by atoms with van der Waals surface area (Å²) in [6.07, 6.45) is 2.64. The number of aromatic nitrogens is 2. The van der Waals surface area contributed by atoms with E-state index in [-0.39, 0.29) is 47.5 Å². The monoisotopic (exact) mass is 430 g/mol. The van der Waals surface area contributed by atoms with Crippen molar-refractivity contribution >= 4 is 17.3 Å². The molecule has 0 aliphatic heterocycles. The Balaban J connectivity index is 1.87. The highest BCUT2D eigenvalue weighted by Crippen LogP contribution is 2.41. The minimum atomic E-state index is -0.842. The fourth-order valence-corrected chi connectivity index (χ4v) is 4.31. The van der Waals surface area contributed by atoms with Gasteiger partial charge in [0, 0.05) is 36.8 Å². The molecule has 2 fully saturated rings. The molecule has 31 heavy (non-hydrogen) atoms. The summed E-state index contributed by atoms with van der Waals surface area (Å²) in [5.74, 6) is -4.02. The Labute approximate surface area is 176 Å². The number of aliphatic hydroxyl groups is 1. The quantitative estimate of drug-likeness (QED) is 0.445. The first kappa shape index (κ1) is 21.0. The maximum Gasteiger partial charge on any atom is 0.264 e. The largest absolute Gasteiger partial charge is 0.506 e. The van der Waals surface area contributed by atoms with Gasteiger partial charge in [-0.3, -0.25) is 19.0 Å². The minimum absolute atomic E-state index is 0.0206. The smallest absolute Gasteiger partial charge is 0.264 e. The Kier molecular flexibility index (Phi) is 5.53. The Morgan fingerprint density at radius 2 is 1.74 bits per heavy atom. The third kappa shape index (κ3) is 3.69. The molecule has 1 aromatic heterocycles. The highest BCUT2D eigenvalue weighted by Gasteiger charge is 2.45. The summed E-state index contributed by atoms with van der Waals surface area (Å²) < 4.78 is 33.5. The first-order valence-corrected chi connectivity index (χ1v) is 9.89. The Morgan fingerprint density at radius 1 is 1.13 bits per heavy atom. The van der Waals surface area contributed by atoms with Crippen LogP contribution < -0.4 is 5.56 Å². The average Bonchev–Trinajstić information content (AvgIpc) is 3.18. The molecule has 2 bridgehead atoms. The van der Waals surface area contributed by atoms with Crippen LogP contribution in [-0.4, -0.2) is 39.9 Å². The summed E-state index contributed by atoms with van der Waals surface area (Å²) >= 11 is 0. The van der Waals surface area contributed by atoms with E-state index in [2.05, 4.69) is 4.98 Å². The maximum absolute atomic E-state index is 13.7. The number of benzene rings is 1. The van der Waals surface area contributed by atoms with Crippen LogP contribution in [0.4, 0.5) is 8.78 Å². The van der Waals surface area contributed by atoms with Gasteiger partial charge in [-0.2, -0.15) is 0 Å². The molecule has 0 saturated heterocycles. The first-order valence-electron chi connectivity index (χ1n) is 9.89. The van der Waals surface area contributed by atoms with E-state index in [1.807, 2.05) is 0 Å². The van der Waals surface area contributed by atoms with Crippen molar-refractivity contribution in [2.24, 2.45) is 11.8 Å². The van der Waals surface area contributed by atoms with Crippen LogP contribution in [0, 0.1) is 23.5 Å². The van der Waals surface area contributed by atoms with E-state index in [1.54, 1.807) is 0 Å². The van der Waals surface area contributed by atoms with Crippen LogP contribution in [0.1, 0.15) is 24.8 Å². The van der Waals surface area contributed by atoms with E-state index in [0.717, 1.165) is 22.9 Å². The van der Waals surface area contributed by atoms with Gasteiger partial charge in [0.15, 0.2) is 11.6 Å². The molecular weight excluding hydrogens is 410 g/mol. The van der Waals surface area contributed by atoms with Crippen LogP contribution in [0.15, 0.2) is 34.8 Å². The van der Waals surface area contributed by atoms with Crippen LogP contribution in [0.3, 0.4) is 0 Å². The van der Waals surface area contributed by atoms with Gasteiger partial charge in [0.05, 0.1) is 13.2 Å². The summed E-state index contributed by atoms with van der Waals surface area (Å²) in [5.41, 5.74) is -1.42. The lowest BCUT2D eigenvalue weighted by atomic mass is 9.81. The number of rotatable bonds is 5. The zero-order valence-corrected chi connectivity index (χ0v) is 16.7. The van der Waals surface area contributed by atoms with Crippen LogP contribution in [0.2, 0.25) is 0 Å². The number of hydrogen-bond acceptors (Lipinski definition) is 6. The summed E-state index contributed by atoms with van der Waals surface area (Å²) in [6, 6.07) is 2.75. The van der Waals surface area contributed by atoms with Crippen molar-refractivity contribution in [1.82, 2.24) is 9.55 Å². The number of ether oxygens (including phenoxy) is 1. The summed E-state index contributed by atoms with van der Waals surface area (Å²) in [4.78, 5) is 42.6. The second-order valence-electron chi connectivity index (χ2n) is 7.76. The summed E-state index contributed by atoms with van der Waals surface area (Å²) in [5, 5.41) is 10.8. The van der Waals surface area contributed by atoms with E-state index < -0.39 is 34.5 Å². The third-order valence-corrected chi connectivity index (χ3v) is 5.85. The molecule has 2 aliphatic rings. The standard InChI is InChI=1S/C22H20F2N2O5/c1-31-5-4-26-21(13-7-14(23)9-15(24)8-13)25-10-16(22(26)30)20(29)17-18(27)11-2-3-12(6-11)19(17)28/h7-12,29H,2-6H2,1H3. The van der Waals surface area contributed by atoms with E-state index in [1.165, 1.54) is 7.11 Å². The van der Waals surface area contributed by atoms with E-state index >= 15 is 0 Å². The third-order valence-electron chi connectivity index (χ3n) is 5.85. The molecule has 4 rings (SSSR count). The van der Waals surface area contributed by atoms with Crippen molar-refractivity contribution in [2.75, 3.05) is 13.7 Å². The van der Waals surface area contributed by atoms with Crippen LogP contribution in [0.25, 0.3) is 17.1 Å². The maximum atomic E-state index is 13.7. The van der Waals surface area contributed by atoms with Gasteiger partial charge in [0.2, 0.25) is 0 Å². The molecule has 2 aliphatic carbocycles. The van der Waals surface area contributed by atoms with Crippen LogP contribution in [0.5, 0.6) is 0 Å². The summed E-state index contributed by atoms with van der Waals surface area (Å²) in [7, 11) is 1.42. The van der Waals surface area contributed by atoms with Gasteiger partial charge >= 0.3 is 0 Å². The molecule has 162 valence electrons. The fourth-order valence-electron chi connectivity index (χ4n) is 4.31. The van der Waals surface area contributed by atoms with E-state index in [0.29, 0.717) is 25.3 Å². The normalized spacial score (nSPS) is 20.4. The lowest BCUT2D eigenvalue weighted by molar-refractivity contribution is -0.127. The van der Waals surface area contributed by atoms with E-state index in [4.69, 9.17) is 4.74 Å². The summed E-state index contributed by atoms with van der Waals surface area (Å²) in [6.45, 7) is 0.0502. The molecule has 0 radical (unpaired) electrons. The van der Waals surface area contributed by atoms with Crippen LogP contribution >= 0.6 is 0 Å². The zero-order chi connectivity index (χ0) is 22.3. The SMILES string of the molecule is COCCn1c(-c2cc(F)cc(F)c2)ncc(C(O)=C2C(=O)C3CCC(C3)C2=O)c1=O. The molecule has 2 saturated carbocycles. The molecule has 1 N–H and O–H groups in total. The molecule has 2 aromatic rings. The van der Waals surface area contributed by atoms with Crippen molar-refractivity contribution in [3.8, 4) is 11.4 Å². The highest BCUT2D eigenvalue weighted by molar-refractivity contribution is 6.27. The molecule has 7 nitrogen and oxygen atoms in total. The first-order chi connectivity index (χ1) is 14.8. The highest BCUT2D eigenvalue weighted by atomic mass is 19.1. The van der Waals surface area contributed by atoms with Crippen molar-refractivity contribution in [1.29, 1.82) is 0 Å². The topological polar surface area (TPSA) is 98.5 Å². The molecule has 1 aromatic carbocycles. The van der Waals surface area contributed by atoms with Gasteiger partial charge in [-0.25, -0.2) is 13.8 Å². The number of aliphatic hydroxyl groups excluding tert-OH is 1. The Morgan fingerprint density at radius 3 is 2.32 bits per heavy atom. The number of fused-ring (bicyclic) bond motifs is 2. The number of ketones is 2. The number of nitrogens with zero attached hydrogens (tertiary/aromatic N) is 2. The number of methoxy groups -OCH3 is 1. The molecule has 0 spiro atoms. The molecule has 9 heteroatoms. The van der Waals surface area contributed by atoms with Crippen LogP contribution in [-0.2, 0) is 20.9 Å². The average molecular weight is 430 g/mol. The lowest BCUT2D eigenvalue weighted by Crippen LogP contribution is -2.32. The number of halogens is 2. The van der Waals surface area contributed by atoms with Crippen molar-refractivity contribution in [2.45, 2.75) is 25.8 Å². The Bertz CT molecular complexity index is 1130. The molecule has 1 heterocycles. The van der Waals surface area contributed by atoms with Gasteiger partial charge in [-0.05, 0) is 31.4 Å². The lowest BCUT2D eigenvalue weighted by Gasteiger charge is -2.20. The fraction of sp³-hybridized carbons (Fsp3) is 0.364.